The number of hydrogen-bond donors (Lipinski definition) is 1. The fraction of sp³-hybridized carbons (Fsp3) is 0.188. The first-order valence-corrected chi connectivity index (χ1v) is 7.44. The molecule has 0 amide bonds. The normalized spacial score (nSPS) is 11.3. The highest BCUT2D eigenvalue weighted by Crippen LogP contribution is 2.28. The summed E-state index contributed by atoms with van der Waals surface area (Å²) in [6.07, 6.45) is 0.332. The van der Waals surface area contributed by atoms with Crippen LogP contribution in [-0.2, 0) is 19.1 Å². The predicted octanol–water partition coefficient (Wildman–Crippen LogP) is 1.19. The molecule has 1 heterocycles. The van der Waals surface area contributed by atoms with Gasteiger partial charge in [0.05, 0.1) is 30.9 Å². The van der Waals surface area contributed by atoms with Crippen molar-refractivity contribution in [1.29, 1.82) is 0 Å². The molecule has 0 fully saturated rings. The molecule has 0 bridgehead atoms. The first-order chi connectivity index (χ1) is 12.3. The first kappa shape index (κ1) is 19.1. The Bertz CT molecular complexity index is 1040. The van der Waals surface area contributed by atoms with Gasteiger partial charge in [0.1, 0.15) is 11.3 Å². The number of aromatic hydroxyl groups is 1. The summed E-state index contributed by atoms with van der Waals surface area (Å²) in [6.45, 7) is 0. The van der Waals surface area contributed by atoms with E-state index in [1.165, 1.54) is 18.2 Å². The first-order valence-electron chi connectivity index (χ1n) is 7.07. The van der Waals surface area contributed by atoms with Gasteiger partial charge in [0.15, 0.2) is 0 Å². The summed E-state index contributed by atoms with van der Waals surface area (Å²) in [7, 11) is 2.18. The maximum atomic E-state index is 12.2. The molecule has 0 spiro atoms. The third kappa shape index (κ3) is 3.89. The Hall–Kier alpha value is -3.20. The maximum absolute atomic E-state index is 12.2. The second kappa shape index (κ2) is 7.79. The number of rotatable bonds is 4. The Kier molecular flexibility index (Phi) is 5.73. The third-order valence-electron chi connectivity index (χ3n) is 3.36. The minimum absolute atomic E-state index is 0.00497. The summed E-state index contributed by atoms with van der Waals surface area (Å²) in [5.41, 5.74) is -2.32. The van der Waals surface area contributed by atoms with E-state index >= 15 is 0 Å². The highest BCUT2D eigenvalue weighted by atomic mass is 35.5. The number of carbonyl (C=O) groups is 2. The molecule has 0 saturated carbocycles. The molecule has 0 aliphatic rings. The quantitative estimate of drug-likeness (QED) is 0.617. The second-order valence-corrected chi connectivity index (χ2v) is 5.41. The molecule has 1 N–H and O–H groups in total. The fourth-order valence-corrected chi connectivity index (χ4v) is 2.25. The molecule has 10 heteroatoms. The summed E-state index contributed by atoms with van der Waals surface area (Å²) in [6, 6.07) is 3.96. The van der Waals surface area contributed by atoms with E-state index in [-0.39, 0.29) is 26.2 Å². The van der Waals surface area contributed by atoms with Crippen LogP contribution in [0.2, 0.25) is 5.02 Å². The van der Waals surface area contributed by atoms with Crippen molar-refractivity contribution in [3.8, 4) is 5.75 Å². The van der Waals surface area contributed by atoms with E-state index in [9.17, 15) is 24.4 Å². The van der Waals surface area contributed by atoms with Crippen molar-refractivity contribution >= 4 is 40.6 Å². The van der Waals surface area contributed by atoms with Gasteiger partial charge in [0.25, 0.3) is 0 Å². The van der Waals surface area contributed by atoms with E-state index < -0.39 is 35.2 Å². The molecule has 9 nitrogen and oxygen atoms in total. The van der Waals surface area contributed by atoms with E-state index in [0.717, 1.165) is 20.3 Å². The van der Waals surface area contributed by atoms with Gasteiger partial charge in [0, 0.05) is 16.7 Å². The van der Waals surface area contributed by atoms with Gasteiger partial charge in [-0.05, 0) is 18.2 Å². The molecule has 136 valence electrons. The van der Waals surface area contributed by atoms with Gasteiger partial charge in [-0.15, -0.1) is 0 Å². The van der Waals surface area contributed by atoms with Gasteiger partial charge >= 0.3 is 22.1 Å². The van der Waals surface area contributed by atoms with Crippen molar-refractivity contribution in [3.05, 3.63) is 49.6 Å². The van der Waals surface area contributed by atoms with Crippen LogP contribution in [-0.4, -0.2) is 31.3 Å². The molecule has 1 aromatic carbocycles. The van der Waals surface area contributed by atoms with Crippen LogP contribution in [0, 0.1) is 4.91 Å². The lowest BCUT2D eigenvalue weighted by Crippen LogP contribution is -2.34. The molecule has 1 aromatic heterocycles. The van der Waals surface area contributed by atoms with Gasteiger partial charge in [-0.25, -0.2) is 9.59 Å². The molecule has 0 aliphatic carbocycles. The summed E-state index contributed by atoms with van der Waals surface area (Å²) < 4.78 is 13.5. The number of ether oxygens (including phenoxy) is 2. The van der Waals surface area contributed by atoms with Gasteiger partial charge in [-0.1, -0.05) is 11.6 Å². The number of carbonyl (C=O) groups excluding carboxylic acids is 2. The van der Waals surface area contributed by atoms with Crippen LogP contribution >= 0.6 is 11.6 Å². The zero-order valence-electron chi connectivity index (χ0n) is 13.6. The lowest BCUT2D eigenvalue weighted by molar-refractivity contribution is -0.713. The van der Waals surface area contributed by atoms with E-state index in [4.69, 9.17) is 16.1 Å². The minimum atomic E-state index is -1.29. The Morgan fingerprint density at radius 3 is 2.62 bits per heavy atom. The van der Waals surface area contributed by atoms with Crippen molar-refractivity contribution in [1.82, 2.24) is 0 Å². The van der Waals surface area contributed by atoms with Crippen LogP contribution < -0.4 is 10.2 Å². The topological polar surface area (TPSA) is 126 Å². The molecule has 26 heavy (non-hydrogen) atoms. The Morgan fingerprint density at radius 2 is 2.00 bits per heavy atom. The fourth-order valence-electron chi connectivity index (χ4n) is 2.09. The van der Waals surface area contributed by atoms with Gasteiger partial charge < -0.3 is 14.6 Å². The average molecular weight is 383 g/mol. The molecule has 2 aromatic rings. The molecule has 2 rings (SSSR count). The molecular weight excluding hydrogens is 370 g/mol. The standard InChI is InChI=1S/C16H12ClNO8/c1-24-13(19)6-8(16(22)25-2)5-11-14(20)10-4-3-9(17)7-12(10)26-18(23)15(11)21/h3-5,7H,6H2,1-2H3/p+1. The number of aromatic nitrogens is 1. The number of esters is 2. The van der Waals surface area contributed by atoms with Crippen molar-refractivity contribution in [2.45, 2.75) is 6.42 Å². The van der Waals surface area contributed by atoms with E-state index in [1.807, 2.05) is 0 Å². The SMILES string of the molecule is COC(=O)CC(=Cc1c(O)c2ccc(Cl)cc2o[n+](=O)c1=O)C(=O)OC. The highest BCUT2D eigenvalue weighted by molar-refractivity contribution is 6.31. The van der Waals surface area contributed by atoms with Crippen LogP contribution in [0.5, 0.6) is 5.75 Å². The number of benzene rings is 1. The molecule has 0 atom stereocenters. The molecule has 0 saturated heterocycles. The van der Waals surface area contributed by atoms with E-state index in [1.54, 1.807) is 0 Å². The number of methoxy groups -OCH3 is 2. The summed E-state index contributed by atoms with van der Waals surface area (Å²) in [5, 5.41) is 10.6. The lowest BCUT2D eigenvalue weighted by Gasteiger charge is -2.04. The van der Waals surface area contributed by atoms with Crippen LogP contribution in [0.25, 0.3) is 17.0 Å². The number of nitrogens with zero attached hydrogens (tertiary/aromatic N) is 1. The van der Waals surface area contributed by atoms with Crippen molar-refractivity contribution in [2.24, 2.45) is 0 Å². The molecule has 0 unspecified atom stereocenters. The minimum Gasteiger partial charge on any atom is -0.506 e. The Balaban J connectivity index is 2.84. The van der Waals surface area contributed by atoms with E-state index in [2.05, 4.69) is 9.47 Å². The highest BCUT2D eigenvalue weighted by Gasteiger charge is 2.23. The molecule has 0 aliphatic heterocycles. The van der Waals surface area contributed by atoms with Gasteiger partial charge in [-0.3, -0.25) is 4.79 Å². The maximum Gasteiger partial charge on any atom is 0.526 e. The Morgan fingerprint density at radius 1 is 1.31 bits per heavy atom. The summed E-state index contributed by atoms with van der Waals surface area (Å²) in [5.74, 6) is -2.36. The third-order valence-corrected chi connectivity index (χ3v) is 3.60. The van der Waals surface area contributed by atoms with Crippen LogP contribution in [0.3, 0.4) is 0 Å². The summed E-state index contributed by atoms with van der Waals surface area (Å²) >= 11 is 5.81. The van der Waals surface area contributed by atoms with Crippen LogP contribution in [0.1, 0.15) is 12.0 Å². The van der Waals surface area contributed by atoms with Crippen LogP contribution in [0.15, 0.2) is 33.1 Å². The zero-order valence-corrected chi connectivity index (χ0v) is 14.4. The van der Waals surface area contributed by atoms with Gasteiger partial charge in [-0.2, -0.15) is 4.52 Å². The molecular formula is C16H13ClNO8+. The molecule has 0 radical (unpaired) electrons. The van der Waals surface area contributed by atoms with Gasteiger partial charge in [0.2, 0.25) is 5.58 Å². The predicted molar refractivity (Wildman–Crippen MR) is 89.2 cm³/mol. The van der Waals surface area contributed by atoms with Crippen molar-refractivity contribution in [2.75, 3.05) is 14.2 Å². The Labute approximate surface area is 150 Å². The zero-order chi connectivity index (χ0) is 19.4. The number of hydrogen-bond acceptors (Lipinski definition) is 8. The van der Waals surface area contributed by atoms with Crippen LogP contribution in [0.4, 0.5) is 0 Å². The largest absolute Gasteiger partial charge is 0.526 e. The average Bonchev–Trinajstić information content (AvgIpc) is 2.70. The summed E-state index contributed by atoms with van der Waals surface area (Å²) in [4.78, 5) is 47.4. The second-order valence-electron chi connectivity index (χ2n) is 4.97. The van der Waals surface area contributed by atoms with E-state index in [0.29, 0.717) is 0 Å². The monoisotopic (exact) mass is 382 g/mol. The number of halogens is 1. The lowest BCUT2D eigenvalue weighted by atomic mass is 10.1. The van der Waals surface area contributed by atoms with Crippen molar-refractivity contribution < 1.29 is 33.3 Å². The van der Waals surface area contributed by atoms with Crippen molar-refractivity contribution in [3.63, 3.8) is 0 Å². The number of fused-ring (bicyclic) bond motifs is 1. The smallest absolute Gasteiger partial charge is 0.506 e.